The van der Waals surface area contributed by atoms with Crippen LogP contribution in [0.1, 0.15) is 37.9 Å². The maximum atomic E-state index is 12.7. The van der Waals surface area contributed by atoms with Gasteiger partial charge in [0.25, 0.3) is 0 Å². The highest BCUT2D eigenvalue weighted by molar-refractivity contribution is 5.78. The summed E-state index contributed by atoms with van der Waals surface area (Å²) in [6.07, 6.45) is 7.76. The molecular formula is C19H30N4O3. The van der Waals surface area contributed by atoms with Crippen molar-refractivity contribution in [2.24, 2.45) is 5.41 Å². The molecule has 1 aromatic heterocycles. The van der Waals surface area contributed by atoms with E-state index >= 15 is 0 Å². The van der Waals surface area contributed by atoms with Crippen molar-refractivity contribution in [3.63, 3.8) is 0 Å². The number of methoxy groups -OCH3 is 1. The number of carbonyl (C=O) groups is 2. The summed E-state index contributed by atoms with van der Waals surface area (Å²) in [5, 5.41) is 0. The third kappa shape index (κ3) is 4.26. The van der Waals surface area contributed by atoms with Gasteiger partial charge in [-0.2, -0.15) is 0 Å². The zero-order valence-corrected chi connectivity index (χ0v) is 15.9. The standard InChI is InChI=1S/C19H30N4O3/c1-16-20-8-11-21(16)10-5-18(25)22-9-3-6-19(14-22)7-4-17(24)23(15-19)12-13-26-2/h8,11H,3-7,9-10,12-15H2,1-2H3/t19-/m0/s1. The van der Waals surface area contributed by atoms with Crippen LogP contribution in [0.5, 0.6) is 0 Å². The topological polar surface area (TPSA) is 67.7 Å². The molecule has 2 amide bonds. The fourth-order valence-corrected chi connectivity index (χ4v) is 4.28. The molecule has 1 aromatic rings. The number of ether oxygens (including phenoxy) is 1. The van der Waals surface area contributed by atoms with Crippen molar-refractivity contribution in [3.8, 4) is 0 Å². The van der Waals surface area contributed by atoms with E-state index in [4.69, 9.17) is 4.74 Å². The molecule has 2 aliphatic rings. The lowest BCUT2D eigenvalue weighted by Gasteiger charge is -2.48. The Morgan fingerprint density at radius 2 is 2.15 bits per heavy atom. The maximum Gasteiger partial charge on any atom is 0.224 e. The molecule has 0 unspecified atom stereocenters. The van der Waals surface area contributed by atoms with Crippen molar-refractivity contribution in [3.05, 3.63) is 18.2 Å². The van der Waals surface area contributed by atoms with E-state index in [1.54, 1.807) is 13.3 Å². The lowest BCUT2D eigenvalue weighted by atomic mass is 9.73. The predicted octanol–water partition coefficient (Wildman–Crippen LogP) is 1.46. The molecule has 0 N–H and O–H groups in total. The van der Waals surface area contributed by atoms with Crippen LogP contribution in [0.3, 0.4) is 0 Å². The number of piperidine rings is 2. The number of rotatable bonds is 6. The number of likely N-dealkylation sites (tertiary alicyclic amines) is 2. The molecule has 0 saturated carbocycles. The summed E-state index contributed by atoms with van der Waals surface area (Å²) in [6, 6.07) is 0. The van der Waals surface area contributed by atoms with E-state index in [-0.39, 0.29) is 17.2 Å². The quantitative estimate of drug-likeness (QED) is 0.768. The molecule has 3 rings (SSSR count). The van der Waals surface area contributed by atoms with Gasteiger partial charge in [-0.25, -0.2) is 4.98 Å². The van der Waals surface area contributed by atoms with Crippen molar-refractivity contribution < 1.29 is 14.3 Å². The molecule has 7 heteroatoms. The average molecular weight is 362 g/mol. The van der Waals surface area contributed by atoms with E-state index in [2.05, 4.69) is 4.98 Å². The Bertz CT molecular complexity index is 644. The number of carbonyl (C=O) groups excluding carboxylic acids is 2. The van der Waals surface area contributed by atoms with Crippen LogP contribution >= 0.6 is 0 Å². The Morgan fingerprint density at radius 1 is 1.31 bits per heavy atom. The van der Waals surface area contributed by atoms with Gasteiger partial charge in [0.2, 0.25) is 11.8 Å². The molecule has 1 spiro atoms. The predicted molar refractivity (Wildman–Crippen MR) is 97.5 cm³/mol. The van der Waals surface area contributed by atoms with Gasteiger partial charge >= 0.3 is 0 Å². The van der Waals surface area contributed by atoms with Gasteiger partial charge in [0.1, 0.15) is 5.82 Å². The first-order chi connectivity index (χ1) is 12.5. The molecule has 2 aliphatic heterocycles. The smallest absolute Gasteiger partial charge is 0.224 e. The van der Waals surface area contributed by atoms with E-state index in [0.29, 0.717) is 32.5 Å². The molecule has 0 aromatic carbocycles. The molecule has 2 saturated heterocycles. The van der Waals surface area contributed by atoms with Crippen LogP contribution in [0, 0.1) is 12.3 Å². The molecule has 0 bridgehead atoms. The molecule has 144 valence electrons. The average Bonchev–Trinajstić information content (AvgIpc) is 3.06. The number of aryl methyl sites for hydroxylation is 2. The zero-order valence-electron chi connectivity index (χ0n) is 15.9. The van der Waals surface area contributed by atoms with Gasteiger partial charge in [-0.05, 0) is 26.2 Å². The highest BCUT2D eigenvalue weighted by Gasteiger charge is 2.42. The largest absolute Gasteiger partial charge is 0.383 e. The minimum absolute atomic E-state index is 0.0560. The first kappa shape index (κ1) is 18.9. The molecule has 26 heavy (non-hydrogen) atoms. The summed E-state index contributed by atoms with van der Waals surface area (Å²) in [6.45, 7) is 6.18. The molecular weight excluding hydrogens is 332 g/mol. The first-order valence-corrected chi connectivity index (χ1v) is 9.55. The lowest BCUT2D eigenvalue weighted by Crippen LogP contribution is -2.55. The van der Waals surface area contributed by atoms with E-state index in [0.717, 1.165) is 44.7 Å². The number of hydrogen-bond acceptors (Lipinski definition) is 4. The molecule has 1 atom stereocenters. The highest BCUT2D eigenvalue weighted by Crippen LogP contribution is 2.39. The van der Waals surface area contributed by atoms with Gasteiger partial charge in [-0.15, -0.1) is 0 Å². The second-order valence-corrected chi connectivity index (χ2v) is 7.64. The number of hydrogen-bond donors (Lipinski definition) is 0. The third-order valence-electron chi connectivity index (χ3n) is 5.82. The van der Waals surface area contributed by atoms with E-state index in [9.17, 15) is 9.59 Å². The number of imidazole rings is 1. The van der Waals surface area contributed by atoms with Crippen LogP contribution in [-0.2, 0) is 20.9 Å². The van der Waals surface area contributed by atoms with Crippen molar-refractivity contribution in [1.82, 2.24) is 19.4 Å². The van der Waals surface area contributed by atoms with Gasteiger partial charge in [-0.3, -0.25) is 9.59 Å². The minimum Gasteiger partial charge on any atom is -0.383 e. The molecule has 0 radical (unpaired) electrons. The van der Waals surface area contributed by atoms with Crippen molar-refractivity contribution in [2.45, 2.75) is 45.6 Å². The summed E-state index contributed by atoms with van der Waals surface area (Å²) in [5.41, 5.74) is 0.0560. The number of amides is 2. The van der Waals surface area contributed by atoms with E-state index in [1.165, 1.54) is 0 Å². The normalized spacial score (nSPS) is 23.7. The van der Waals surface area contributed by atoms with Gasteiger partial charge in [0, 0.05) is 70.5 Å². The SMILES string of the molecule is COCCN1C[C@@]2(CCCN(C(=O)CCn3ccnc3C)C2)CCC1=O. The monoisotopic (exact) mass is 362 g/mol. The Morgan fingerprint density at radius 3 is 2.88 bits per heavy atom. The Labute approximate surface area is 155 Å². The van der Waals surface area contributed by atoms with E-state index < -0.39 is 0 Å². The summed E-state index contributed by atoms with van der Waals surface area (Å²) < 4.78 is 7.16. The van der Waals surface area contributed by atoms with Crippen LogP contribution in [0.15, 0.2) is 12.4 Å². The van der Waals surface area contributed by atoms with Gasteiger partial charge in [0.15, 0.2) is 0 Å². The van der Waals surface area contributed by atoms with Crippen molar-refractivity contribution in [1.29, 1.82) is 0 Å². The van der Waals surface area contributed by atoms with Crippen LogP contribution < -0.4 is 0 Å². The summed E-state index contributed by atoms with van der Waals surface area (Å²) in [7, 11) is 1.66. The van der Waals surface area contributed by atoms with Crippen molar-refractivity contribution >= 4 is 11.8 Å². The lowest BCUT2D eigenvalue weighted by molar-refractivity contribution is -0.143. The summed E-state index contributed by atoms with van der Waals surface area (Å²) in [5.74, 6) is 1.36. The van der Waals surface area contributed by atoms with Crippen LogP contribution in [0.25, 0.3) is 0 Å². The van der Waals surface area contributed by atoms with E-state index in [1.807, 2.05) is 27.5 Å². The molecule has 3 heterocycles. The fraction of sp³-hybridized carbons (Fsp3) is 0.737. The van der Waals surface area contributed by atoms with Gasteiger partial charge in [-0.1, -0.05) is 0 Å². The minimum atomic E-state index is 0.0560. The second-order valence-electron chi connectivity index (χ2n) is 7.64. The van der Waals surface area contributed by atoms with Crippen molar-refractivity contribution in [2.75, 3.05) is 39.9 Å². The molecule has 0 aliphatic carbocycles. The maximum absolute atomic E-state index is 12.7. The number of nitrogens with zero attached hydrogens (tertiary/aromatic N) is 4. The number of aromatic nitrogens is 2. The zero-order chi connectivity index (χ0) is 18.6. The first-order valence-electron chi connectivity index (χ1n) is 9.55. The molecule has 2 fully saturated rings. The molecule has 7 nitrogen and oxygen atoms in total. The van der Waals surface area contributed by atoms with Crippen LogP contribution in [0.2, 0.25) is 0 Å². The van der Waals surface area contributed by atoms with Gasteiger partial charge in [0.05, 0.1) is 6.61 Å². The Hall–Kier alpha value is -1.89. The van der Waals surface area contributed by atoms with Crippen LogP contribution in [0.4, 0.5) is 0 Å². The Kier molecular flexibility index (Phi) is 5.96. The van der Waals surface area contributed by atoms with Crippen LogP contribution in [-0.4, -0.2) is 71.1 Å². The summed E-state index contributed by atoms with van der Waals surface area (Å²) in [4.78, 5) is 33.1. The Balaban J connectivity index is 1.58. The summed E-state index contributed by atoms with van der Waals surface area (Å²) >= 11 is 0. The second kappa shape index (κ2) is 8.20. The third-order valence-corrected chi connectivity index (χ3v) is 5.82. The fourth-order valence-electron chi connectivity index (χ4n) is 4.28. The van der Waals surface area contributed by atoms with Gasteiger partial charge < -0.3 is 19.1 Å². The highest BCUT2D eigenvalue weighted by atomic mass is 16.5.